The third-order valence-corrected chi connectivity index (χ3v) is 5.12. The molecular weight excluding hydrogens is 310 g/mol. The fraction of sp³-hybridized carbons (Fsp3) is 0.412. The Labute approximate surface area is 140 Å². The van der Waals surface area contributed by atoms with Gasteiger partial charge in [0.15, 0.2) is 5.13 Å². The highest BCUT2D eigenvalue weighted by Gasteiger charge is 2.19. The molecule has 1 amide bonds. The van der Waals surface area contributed by atoms with Crippen molar-refractivity contribution in [2.75, 3.05) is 25.5 Å². The van der Waals surface area contributed by atoms with E-state index in [-0.39, 0.29) is 5.91 Å². The molecule has 6 heteroatoms. The van der Waals surface area contributed by atoms with Gasteiger partial charge in [0.05, 0.1) is 6.61 Å². The Bertz CT molecular complexity index is 665. The molecule has 0 saturated carbocycles. The number of methoxy groups -OCH3 is 1. The number of thiazole rings is 1. The molecule has 3 rings (SSSR count). The molecular formula is C17H21N3O2S. The lowest BCUT2D eigenvalue weighted by molar-refractivity contribution is 0.102. The van der Waals surface area contributed by atoms with E-state index in [9.17, 15) is 4.79 Å². The van der Waals surface area contributed by atoms with Gasteiger partial charge in [0.1, 0.15) is 0 Å². The van der Waals surface area contributed by atoms with Crippen LogP contribution in [0.2, 0.25) is 0 Å². The van der Waals surface area contributed by atoms with Gasteiger partial charge < -0.3 is 10.1 Å². The molecule has 0 atom stereocenters. The van der Waals surface area contributed by atoms with Gasteiger partial charge in [-0.15, -0.1) is 11.3 Å². The Morgan fingerprint density at radius 1 is 1.39 bits per heavy atom. The number of anilines is 1. The summed E-state index contributed by atoms with van der Waals surface area (Å²) in [6.45, 7) is 2.52. The second-order valence-electron chi connectivity index (χ2n) is 5.64. The summed E-state index contributed by atoms with van der Waals surface area (Å²) in [4.78, 5) is 18.1. The Kier molecular flexibility index (Phi) is 5.38. The van der Waals surface area contributed by atoms with E-state index < -0.39 is 0 Å². The third kappa shape index (κ3) is 3.96. The first-order valence-electron chi connectivity index (χ1n) is 7.82. The lowest BCUT2D eigenvalue weighted by Crippen LogP contribution is -2.26. The van der Waals surface area contributed by atoms with Crippen molar-refractivity contribution in [1.82, 2.24) is 10.3 Å². The van der Waals surface area contributed by atoms with Crippen molar-refractivity contribution in [3.05, 3.63) is 46.5 Å². The summed E-state index contributed by atoms with van der Waals surface area (Å²) in [7, 11) is 1.63. The zero-order valence-electron chi connectivity index (χ0n) is 13.2. The van der Waals surface area contributed by atoms with Crippen molar-refractivity contribution in [3.8, 4) is 0 Å². The molecule has 0 radical (unpaired) electrons. The van der Waals surface area contributed by atoms with Crippen molar-refractivity contribution < 1.29 is 9.53 Å². The molecule has 2 heterocycles. The number of ether oxygens (including phenoxy) is 1. The molecule has 1 fully saturated rings. The zero-order chi connectivity index (χ0) is 16.1. The number of rotatable bonds is 5. The van der Waals surface area contributed by atoms with Gasteiger partial charge in [-0.2, -0.15) is 0 Å². The van der Waals surface area contributed by atoms with Gasteiger partial charge in [0.2, 0.25) is 0 Å². The second kappa shape index (κ2) is 7.68. The van der Waals surface area contributed by atoms with Crippen LogP contribution in [0.5, 0.6) is 0 Å². The number of nitrogens with zero attached hydrogens (tertiary/aromatic N) is 1. The molecule has 0 bridgehead atoms. The van der Waals surface area contributed by atoms with E-state index in [0.717, 1.165) is 31.5 Å². The highest BCUT2D eigenvalue weighted by atomic mass is 32.1. The molecule has 0 spiro atoms. The van der Waals surface area contributed by atoms with Crippen LogP contribution in [0.15, 0.2) is 30.5 Å². The Hall–Kier alpha value is -1.76. The van der Waals surface area contributed by atoms with Gasteiger partial charge in [0.25, 0.3) is 5.91 Å². The maximum Gasteiger partial charge on any atom is 0.257 e. The predicted molar refractivity (Wildman–Crippen MR) is 92.1 cm³/mol. The van der Waals surface area contributed by atoms with E-state index in [4.69, 9.17) is 4.74 Å². The van der Waals surface area contributed by atoms with Crippen LogP contribution in [0.25, 0.3) is 0 Å². The van der Waals surface area contributed by atoms with Crippen molar-refractivity contribution >= 4 is 22.4 Å². The monoisotopic (exact) mass is 331 g/mol. The Morgan fingerprint density at radius 3 is 2.96 bits per heavy atom. The summed E-state index contributed by atoms with van der Waals surface area (Å²) < 4.78 is 5.15. The van der Waals surface area contributed by atoms with Crippen LogP contribution in [-0.4, -0.2) is 31.1 Å². The average Bonchev–Trinajstić information content (AvgIpc) is 3.05. The number of amides is 1. The Morgan fingerprint density at radius 2 is 2.17 bits per heavy atom. The minimum atomic E-state index is -0.135. The standard InChI is InChI=1S/C17H21N3O2S/c1-22-11-13-4-2-3-5-14(13)16(21)20-17-19-10-15(23-17)12-6-8-18-9-7-12/h2-5,10,12,18H,6-9,11H2,1H3,(H,19,20,21). The van der Waals surface area contributed by atoms with Crippen LogP contribution in [0.3, 0.4) is 0 Å². The van der Waals surface area contributed by atoms with Crippen molar-refractivity contribution in [2.24, 2.45) is 0 Å². The summed E-state index contributed by atoms with van der Waals surface area (Å²) in [5, 5.41) is 6.94. The van der Waals surface area contributed by atoms with Crippen LogP contribution in [-0.2, 0) is 11.3 Å². The normalized spacial score (nSPS) is 15.5. The number of benzene rings is 1. The average molecular weight is 331 g/mol. The van der Waals surface area contributed by atoms with Crippen molar-refractivity contribution in [3.63, 3.8) is 0 Å². The largest absolute Gasteiger partial charge is 0.380 e. The minimum Gasteiger partial charge on any atom is -0.380 e. The number of hydrogen-bond donors (Lipinski definition) is 2. The number of carbonyl (C=O) groups is 1. The molecule has 1 aliphatic heterocycles. The van der Waals surface area contributed by atoms with Gasteiger partial charge in [-0.25, -0.2) is 4.98 Å². The van der Waals surface area contributed by atoms with Gasteiger partial charge in [-0.05, 0) is 43.5 Å². The van der Waals surface area contributed by atoms with Crippen LogP contribution < -0.4 is 10.6 Å². The number of hydrogen-bond acceptors (Lipinski definition) is 5. The van der Waals surface area contributed by atoms with Gasteiger partial charge >= 0.3 is 0 Å². The third-order valence-electron chi connectivity index (χ3n) is 4.05. The smallest absolute Gasteiger partial charge is 0.257 e. The maximum absolute atomic E-state index is 12.5. The topological polar surface area (TPSA) is 63.2 Å². The maximum atomic E-state index is 12.5. The molecule has 122 valence electrons. The number of nitrogens with one attached hydrogen (secondary N) is 2. The van der Waals surface area contributed by atoms with Crippen LogP contribution in [0.4, 0.5) is 5.13 Å². The fourth-order valence-corrected chi connectivity index (χ4v) is 3.81. The second-order valence-corrected chi connectivity index (χ2v) is 6.70. The van der Waals surface area contributed by atoms with E-state index in [1.54, 1.807) is 18.4 Å². The fourth-order valence-electron chi connectivity index (χ4n) is 2.83. The molecule has 23 heavy (non-hydrogen) atoms. The number of piperidine rings is 1. The Balaban J connectivity index is 1.70. The van der Waals surface area contributed by atoms with Gasteiger partial charge in [0, 0.05) is 23.7 Å². The highest BCUT2D eigenvalue weighted by molar-refractivity contribution is 7.15. The summed E-state index contributed by atoms with van der Waals surface area (Å²) in [5.41, 5.74) is 1.51. The first-order chi connectivity index (χ1) is 11.3. The molecule has 2 N–H and O–H groups in total. The van der Waals surface area contributed by atoms with Crippen molar-refractivity contribution in [2.45, 2.75) is 25.4 Å². The molecule has 2 aromatic rings. The molecule has 1 aromatic heterocycles. The van der Waals surface area contributed by atoms with Crippen LogP contribution >= 0.6 is 11.3 Å². The van der Waals surface area contributed by atoms with E-state index in [1.165, 1.54) is 4.88 Å². The summed E-state index contributed by atoms with van der Waals surface area (Å²) in [6, 6.07) is 7.48. The minimum absolute atomic E-state index is 0.135. The van der Waals surface area contributed by atoms with E-state index >= 15 is 0 Å². The summed E-state index contributed by atoms with van der Waals surface area (Å²) >= 11 is 1.58. The van der Waals surface area contributed by atoms with Gasteiger partial charge in [-0.3, -0.25) is 10.1 Å². The molecule has 5 nitrogen and oxygen atoms in total. The molecule has 0 aliphatic carbocycles. The lowest BCUT2D eigenvalue weighted by atomic mass is 9.97. The quantitative estimate of drug-likeness (QED) is 0.884. The van der Waals surface area contributed by atoms with Crippen molar-refractivity contribution in [1.29, 1.82) is 0 Å². The molecule has 1 saturated heterocycles. The SMILES string of the molecule is COCc1ccccc1C(=O)Nc1ncc(C2CCNCC2)s1. The molecule has 0 unspecified atom stereocenters. The molecule has 1 aliphatic rings. The zero-order valence-corrected chi connectivity index (χ0v) is 14.0. The summed E-state index contributed by atoms with van der Waals surface area (Å²) in [5.74, 6) is 0.420. The van der Waals surface area contributed by atoms with Gasteiger partial charge in [-0.1, -0.05) is 18.2 Å². The lowest BCUT2D eigenvalue weighted by Gasteiger charge is -2.20. The van der Waals surface area contributed by atoms with Crippen LogP contribution in [0.1, 0.15) is 39.6 Å². The van der Waals surface area contributed by atoms with E-state index in [0.29, 0.717) is 23.2 Å². The first kappa shape index (κ1) is 16.1. The van der Waals surface area contributed by atoms with E-state index in [2.05, 4.69) is 15.6 Å². The predicted octanol–water partition coefficient (Wildman–Crippen LogP) is 3.01. The van der Waals surface area contributed by atoms with Crippen LogP contribution in [0, 0.1) is 0 Å². The highest BCUT2D eigenvalue weighted by Crippen LogP contribution is 2.31. The van der Waals surface area contributed by atoms with E-state index in [1.807, 2.05) is 30.5 Å². The number of carbonyl (C=O) groups excluding carboxylic acids is 1. The summed E-state index contributed by atoms with van der Waals surface area (Å²) in [6.07, 6.45) is 4.16. The number of aromatic nitrogens is 1. The molecule has 1 aromatic carbocycles. The first-order valence-corrected chi connectivity index (χ1v) is 8.64.